The second-order valence-corrected chi connectivity index (χ2v) is 8.50. The molecule has 2 saturated heterocycles. The van der Waals surface area contributed by atoms with Gasteiger partial charge in [0.2, 0.25) is 11.8 Å². The van der Waals surface area contributed by atoms with E-state index in [-0.39, 0.29) is 23.9 Å². The normalized spacial score (nSPS) is 20.1. The van der Waals surface area contributed by atoms with Gasteiger partial charge in [0.05, 0.1) is 25.3 Å². The monoisotopic (exact) mass is 418 g/mol. The molecule has 0 aliphatic carbocycles. The Hall–Kier alpha value is -3.12. The zero-order chi connectivity index (χ0) is 20.7. The lowest BCUT2D eigenvalue weighted by Crippen LogP contribution is -2.53. The van der Waals surface area contributed by atoms with E-state index in [4.69, 9.17) is 4.74 Å². The lowest BCUT2D eigenvalue weighted by Gasteiger charge is -2.34. The van der Waals surface area contributed by atoms with Gasteiger partial charge in [-0.25, -0.2) is 0 Å². The molecule has 1 aromatic heterocycles. The largest absolute Gasteiger partial charge is 0.495 e. The summed E-state index contributed by atoms with van der Waals surface area (Å²) in [7, 11) is 1.62. The third kappa shape index (κ3) is 3.17. The SMILES string of the molecule is COc1ccc(-c2ccccc2)cc1N1C(=O)[C@@H]2C[C@H]1CN2C(=O)Cc1ccsc1. The average molecular weight is 419 g/mol. The van der Waals surface area contributed by atoms with Crippen LogP contribution in [0.5, 0.6) is 5.75 Å². The van der Waals surface area contributed by atoms with Gasteiger partial charge in [-0.05, 0) is 52.1 Å². The molecule has 6 heteroatoms. The summed E-state index contributed by atoms with van der Waals surface area (Å²) >= 11 is 1.58. The fourth-order valence-electron chi connectivity index (χ4n) is 4.52. The summed E-state index contributed by atoms with van der Waals surface area (Å²) in [6.45, 7) is 0.568. The van der Waals surface area contributed by atoms with Crippen molar-refractivity contribution in [1.82, 2.24) is 4.90 Å². The Morgan fingerprint density at radius 2 is 1.97 bits per heavy atom. The molecule has 152 valence electrons. The molecule has 2 aromatic carbocycles. The molecule has 2 atom stereocenters. The van der Waals surface area contributed by atoms with E-state index in [0.717, 1.165) is 22.4 Å². The van der Waals surface area contributed by atoms with E-state index in [9.17, 15) is 9.59 Å². The van der Waals surface area contributed by atoms with Crippen LogP contribution in [0.15, 0.2) is 65.4 Å². The second-order valence-electron chi connectivity index (χ2n) is 7.72. The van der Waals surface area contributed by atoms with Crippen LogP contribution in [0.25, 0.3) is 11.1 Å². The summed E-state index contributed by atoms with van der Waals surface area (Å²) in [5.41, 5.74) is 3.91. The van der Waals surface area contributed by atoms with Gasteiger partial charge in [0.15, 0.2) is 0 Å². The Bertz CT molecular complexity index is 1080. The molecule has 0 unspecified atom stereocenters. The van der Waals surface area contributed by atoms with Crippen molar-refractivity contribution in [3.63, 3.8) is 0 Å². The van der Waals surface area contributed by atoms with E-state index >= 15 is 0 Å². The fourth-order valence-corrected chi connectivity index (χ4v) is 5.19. The maximum atomic E-state index is 13.3. The number of carbonyl (C=O) groups excluding carboxylic acids is 2. The van der Waals surface area contributed by atoms with Crippen LogP contribution in [0.2, 0.25) is 0 Å². The summed E-state index contributed by atoms with van der Waals surface area (Å²) < 4.78 is 5.58. The molecule has 3 aromatic rings. The minimum Gasteiger partial charge on any atom is -0.495 e. The van der Waals surface area contributed by atoms with Crippen LogP contribution < -0.4 is 9.64 Å². The van der Waals surface area contributed by atoms with Gasteiger partial charge in [0.25, 0.3) is 0 Å². The highest BCUT2D eigenvalue weighted by atomic mass is 32.1. The third-order valence-corrected chi connectivity index (χ3v) is 6.70. The van der Waals surface area contributed by atoms with E-state index in [0.29, 0.717) is 25.1 Å². The van der Waals surface area contributed by atoms with Crippen molar-refractivity contribution in [3.8, 4) is 16.9 Å². The fraction of sp³-hybridized carbons (Fsp3) is 0.250. The first kappa shape index (κ1) is 18.9. The van der Waals surface area contributed by atoms with Crippen LogP contribution in [-0.4, -0.2) is 42.5 Å². The highest BCUT2D eigenvalue weighted by Crippen LogP contribution is 2.41. The maximum Gasteiger partial charge on any atom is 0.250 e. The van der Waals surface area contributed by atoms with Gasteiger partial charge < -0.3 is 14.5 Å². The first-order valence-electron chi connectivity index (χ1n) is 10.0. The van der Waals surface area contributed by atoms with Crippen LogP contribution in [0.4, 0.5) is 5.69 Å². The Morgan fingerprint density at radius 1 is 1.13 bits per heavy atom. The van der Waals surface area contributed by atoms with Crippen LogP contribution in [0.1, 0.15) is 12.0 Å². The van der Waals surface area contributed by atoms with E-state index < -0.39 is 0 Å². The number of likely N-dealkylation sites (tertiary alicyclic amines) is 1. The molecule has 2 aliphatic rings. The van der Waals surface area contributed by atoms with Gasteiger partial charge in [-0.3, -0.25) is 9.59 Å². The number of thiophene rings is 1. The molecular formula is C24H22N2O3S. The van der Waals surface area contributed by atoms with Crippen molar-refractivity contribution in [2.45, 2.75) is 24.9 Å². The van der Waals surface area contributed by atoms with Gasteiger partial charge >= 0.3 is 0 Å². The van der Waals surface area contributed by atoms with Gasteiger partial charge in [0.1, 0.15) is 11.8 Å². The van der Waals surface area contributed by atoms with Gasteiger partial charge in [0, 0.05) is 6.54 Å². The van der Waals surface area contributed by atoms with E-state index in [2.05, 4.69) is 0 Å². The maximum absolute atomic E-state index is 13.3. The molecule has 0 radical (unpaired) electrons. The zero-order valence-corrected chi connectivity index (χ0v) is 17.5. The Labute approximate surface area is 179 Å². The second kappa shape index (κ2) is 7.61. The minimum atomic E-state index is -0.383. The van der Waals surface area contributed by atoms with Crippen LogP contribution in [0.3, 0.4) is 0 Å². The molecular weight excluding hydrogens is 396 g/mol. The molecule has 2 fully saturated rings. The van der Waals surface area contributed by atoms with Gasteiger partial charge in [-0.1, -0.05) is 36.4 Å². The lowest BCUT2D eigenvalue weighted by atomic mass is 10.0. The van der Waals surface area contributed by atoms with Gasteiger partial charge in [-0.2, -0.15) is 11.3 Å². The lowest BCUT2D eigenvalue weighted by molar-refractivity contribution is -0.137. The van der Waals surface area contributed by atoms with Crippen molar-refractivity contribution < 1.29 is 14.3 Å². The summed E-state index contributed by atoms with van der Waals surface area (Å²) in [4.78, 5) is 29.7. The summed E-state index contributed by atoms with van der Waals surface area (Å²) in [6.07, 6.45) is 1.03. The van der Waals surface area contributed by atoms with Crippen molar-refractivity contribution in [3.05, 3.63) is 70.9 Å². The predicted molar refractivity (Wildman–Crippen MR) is 118 cm³/mol. The van der Waals surface area contributed by atoms with Crippen molar-refractivity contribution in [1.29, 1.82) is 0 Å². The molecule has 0 spiro atoms. The number of benzene rings is 2. The summed E-state index contributed by atoms with van der Waals surface area (Å²) in [5.74, 6) is 0.680. The number of fused-ring (bicyclic) bond motifs is 2. The number of anilines is 1. The number of ether oxygens (including phenoxy) is 1. The predicted octanol–water partition coefficient (Wildman–Crippen LogP) is 3.98. The Balaban J connectivity index is 1.41. The highest BCUT2D eigenvalue weighted by molar-refractivity contribution is 7.08. The first-order valence-corrected chi connectivity index (χ1v) is 11.0. The van der Waals surface area contributed by atoms with E-state index in [1.165, 1.54) is 0 Å². The van der Waals surface area contributed by atoms with Crippen LogP contribution in [-0.2, 0) is 16.0 Å². The minimum absolute atomic E-state index is 0.0196. The first-order chi connectivity index (χ1) is 14.7. The molecule has 0 saturated carbocycles. The van der Waals surface area contributed by atoms with E-state index in [1.54, 1.807) is 23.3 Å². The topological polar surface area (TPSA) is 49.9 Å². The number of carbonyl (C=O) groups is 2. The van der Waals surface area contributed by atoms with Crippen LogP contribution in [0, 0.1) is 0 Å². The number of methoxy groups -OCH3 is 1. The zero-order valence-electron chi connectivity index (χ0n) is 16.7. The van der Waals surface area contributed by atoms with Crippen LogP contribution >= 0.6 is 11.3 Å². The number of rotatable bonds is 5. The van der Waals surface area contributed by atoms with Gasteiger partial charge in [-0.15, -0.1) is 0 Å². The highest BCUT2D eigenvalue weighted by Gasteiger charge is 2.52. The average Bonchev–Trinajstić information content (AvgIpc) is 3.51. The molecule has 2 bridgehead atoms. The molecule has 5 rings (SSSR count). The Morgan fingerprint density at radius 3 is 2.67 bits per heavy atom. The molecule has 0 N–H and O–H groups in total. The number of hydrogen-bond acceptors (Lipinski definition) is 4. The number of piperazine rings is 1. The molecule has 30 heavy (non-hydrogen) atoms. The Kier molecular flexibility index (Phi) is 4.79. The number of hydrogen-bond donors (Lipinski definition) is 0. The standard InChI is InChI=1S/C24H22N2O3S/c1-29-22-8-7-18(17-5-3-2-4-6-17)12-20(22)26-19-13-21(24(26)28)25(14-19)23(27)11-16-9-10-30-15-16/h2-10,12,15,19,21H,11,13-14H2,1H3/t19-,21-/m0/s1. The number of amides is 2. The smallest absolute Gasteiger partial charge is 0.250 e. The third-order valence-electron chi connectivity index (χ3n) is 5.97. The molecule has 3 heterocycles. The van der Waals surface area contributed by atoms with Crippen molar-refractivity contribution in [2.24, 2.45) is 0 Å². The van der Waals surface area contributed by atoms with Crippen molar-refractivity contribution in [2.75, 3.05) is 18.6 Å². The van der Waals surface area contributed by atoms with E-state index in [1.807, 2.05) is 70.3 Å². The van der Waals surface area contributed by atoms with Crippen molar-refractivity contribution >= 4 is 28.8 Å². The molecule has 5 nitrogen and oxygen atoms in total. The molecule has 2 amide bonds. The summed E-state index contributed by atoms with van der Waals surface area (Å²) in [6, 6.07) is 17.6. The number of nitrogens with zero attached hydrogens (tertiary/aromatic N) is 2. The summed E-state index contributed by atoms with van der Waals surface area (Å²) in [5, 5.41) is 3.96. The quantitative estimate of drug-likeness (QED) is 0.630. The molecule has 2 aliphatic heterocycles.